The van der Waals surface area contributed by atoms with Gasteiger partial charge in [-0.1, -0.05) is 13.3 Å². The molecule has 0 aliphatic rings. The number of hydrogen-bond acceptors (Lipinski definition) is 4. The highest BCUT2D eigenvalue weighted by molar-refractivity contribution is 5.75. The molecule has 0 heterocycles. The first-order valence-corrected chi connectivity index (χ1v) is 4.13. The Morgan fingerprint density at radius 3 is 2.75 bits per heavy atom. The standard InChI is InChI=1S/C8H17NO3/c1-3-4-5-12-8(10)7(9)6-11-2/h7H,3-6,9H2,1-2H3/t7-/m0/s1. The maximum absolute atomic E-state index is 11.0. The number of nitrogens with two attached hydrogens (primary N) is 1. The summed E-state index contributed by atoms with van der Waals surface area (Å²) in [5.41, 5.74) is 5.41. The van der Waals surface area contributed by atoms with Gasteiger partial charge in [0.15, 0.2) is 0 Å². The topological polar surface area (TPSA) is 61.5 Å². The molecular formula is C8H17NO3. The van der Waals surface area contributed by atoms with Gasteiger partial charge in [-0.25, -0.2) is 0 Å². The van der Waals surface area contributed by atoms with Gasteiger partial charge in [0.25, 0.3) is 0 Å². The smallest absolute Gasteiger partial charge is 0.325 e. The number of ether oxygens (including phenoxy) is 2. The molecule has 0 spiro atoms. The SMILES string of the molecule is CCCCOC(=O)[C@@H](N)COC. The highest BCUT2D eigenvalue weighted by atomic mass is 16.5. The quantitative estimate of drug-likeness (QED) is 0.466. The van der Waals surface area contributed by atoms with Crippen LogP contribution >= 0.6 is 0 Å². The molecular weight excluding hydrogens is 158 g/mol. The lowest BCUT2D eigenvalue weighted by Crippen LogP contribution is -2.36. The van der Waals surface area contributed by atoms with E-state index in [4.69, 9.17) is 15.2 Å². The number of unbranched alkanes of at least 4 members (excludes halogenated alkanes) is 1. The summed E-state index contributed by atoms with van der Waals surface area (Å²) in [5.74, 6) is -0.384. The van der Waals surface area contributed by atoms with Gasteiger partial charge in [0.1, 0.15) is 6.04 Å². The predicted molar refractivity (Wildman–Crippen MR) is 45.7 cm³/mol. The van der Waals surface area contributed by atoms with Gasteiger partial charge in [0.2, 0.25) is 0 Å². The molecule has 0 aromatic heterocycles. The molecule has 12 heavy (non-hydrogen) atoms. The van der Waals surface area contributed by atoms with Crippen LogP contribution in [0.4, 0.5) is 0 Å². The van der Waals surface area contributed by atoms with Gasteiger partial charge in [-0.3, -0.25) is 4.79 Å². The molecule has 0 bridgehead atoms. The highest BCUT2D eigenvalue weighted by Gasteiger charge is 2.13. The minimum atomic E-state index is -0.646. The lowest BCUT2D eigenvalue weighted by Gasteiger charge is -2.09. The minimum Gasteiger partial charge on any atom is -0.464 e. The second-order valence-corrected chi connectivity index (χ2v) is 2.58. The van der Waals surface area contributed by atoms with Gasteiger partial charge in [0.05, 0.1) is 13.2 Å². The number of rotatable bonds is 6. The molecule has 0 aromatic carbocycles. The Hall–Kier alpha value is -0.610. The highest BCUT2D eigenvalue weighted by Crippen LogP contribution is 1.91. The van der Waals surface area contributed by atoms with Crippen LogP contribution in [0.5, 0.6) is 0 Å². The fourth-order valence-electron chi connectivity index (χ4n) is 0.672. The van der Waals surface area contributed by atoms with Crippen molar-refractivity contribution >= 4 is 5.97 Å². The first-order valence-electron chi connectivity index (χ1n) is 4.13. The zero-order valence-corrected chi connectivity index (χ0v) is 7.71. The van der Waals surface area contributed by atoms with Gasteiger partial charge in [0, 0.05) is 7.11 Å². The van der Waals surface area contributed by atoms with Crippen LogP contribution < -0.4 is 5.73 Å². The van der Waals surface area contributed by atoms with Gasteiger partial charge in [-0.15, -0.1) is 0 Å². The van der Waals surface area contributed by atoms with Crippen molar-refractivity contribution in [3.8, 4) is 0 Å². The normalized spacial score (nSPS) is 12.6. The molecule has 0 aliphatic heterocycles. The molecule has 72 valence electrons. The molecule has 0 saturated carbocycles. The average molecular weight is 175 g/mol. The molecule has 0 unspecified atom stereocenters. The van der Waals surface area contributed by atoms with E-state index in [-0.39, 0.29) is 12.6 Å². The van der Waals surface area contributed by atoms with Crippen molar-refractivity contribution in [2.45, 2.75) is 25.8 Å². The molecule has 2 N–H and O–H groups in total. The van der Waals surface area contributed by atoms with E-state index in [9.17, 15) is 4.79 Å². The first kappa shape index (κ1) is 11.4. The summed E-state index contributed by atoms with van der Waals surface area (Å²) >= 11 is 0. The van der Waals surface area contributed by atoms with E-state index in [1.165, 1.54) is 7.11 Å². The maximum atomic E-state index is 11.0. The Morgan fingerprint density at radius 2 is 2.25 bits per heavy atom. The summed E-state index contributed by atoms with van der Waals surface area (Å²) in [7, 11) is 1.50. The van der Waals surface area contributed by atoms with Gasteiger partial charge in [-0.05, 0) is 6.42 Å². The Balaban J connectivity index is 3.43. The molecule has 0 fully saturated rings. The van der Waals surface area contributed by atoms with E-state index < -0.39 is 6.04 Å². The summed E-state index contributed by atoms with van der Waals surface area (Å²) in [6.45, 7) is 2.70. The second kappa shape index (κ2) is 7.06. The van der Waals surface area contributed by atoms with Crippen molar-refractivity contribution in [3.63, 3.8) is 0 Å². The monoisotopic (exact) mass is 175 g/mol. The van der Waals surface area contributed by atoms with Gasteiger partial charge >= 0.3 is 5.97 Å². The maximum Gasteiger partial charge on any atom is 0.325 e. The number of esters is 1. The van der Waals surface area contributed by atoms with E-state index in [1.807, 2.05) is 6.92 Å². The summed E-state index contributed by atoms with van der Waals surface area (Å²) in [6, 6.07) is -0.646. The number of carbonyl (C=O) groups excluding carboxylic acids is 1. The Labute approximate surface area is 73.0 Å². The van der Waals surface area contributed by atoms with Crippen LogP contribution in [0.15, 0.2) is 0 Å². The minimum absolute atomic E-state index is 0.213. The van der Waals surface area contributed by atoms with Crippen LogP contribution in [0, 0.1) is 0 Å². The molecule has 4 heteroatoms. The lowest BCUT2D eigenvalue weighted by atomic mass is 10.3. The summed E-state index contributed by atoms with van der Waals surface area (Å²) in [6.07, 6.45) is 1.89. The van der Waals surface area contributed by atoms with Crippen LogP contribution in [-0.2, 0) is 14.3 Å². The van der Waals surface area contributed by atoms with E-state index in [2.05, 4.69) is 0 Å². The van der Waals surface area contributed by atoms with Crippen LogP contribution in [-0.4, -0.2) is 32.3 Å². The molecule has 0 rings (SSSR count). The largest absolute Gasteiger partial charge is 0.464 e. The van der Waals surface area contributed by atoms with E-state index in [1.54, 1.807) is 0 Å². The molecule has 0 aliphatic carbocycles. The molecule has 0 saturated heterocycles. The predicted octanol–water partition coefficient (Wildman–Crippen LogP) is 0.303. The Bertz CT molecular complexity index is 127. The fourth-order valence-corrected chi connectivity index (χ4v) is 0.672. The molecule has 0 aromatic rings. The summed E-state index contributed by atoms with van der Waals surface area (Å²) in [5, 5.41) is 0. The Morgan fingerprint density at radius 1 is 1.58 bits per heavy atom. The zero-order valence-electron chi connectivity index (χ0n) is 7.71. The summed E-state index contributed by atoms with van der Waals surface area (Å²) in [4.78, 5) is 11.0. The second-order valence-electron chi connectivity index (χ2n) is 2.58. The molecule has 0 amide bonds. The van der Waals surface area contributed by atoms with Crippen LogP contribution in [0.25, 0.3) is 0 Å². The molecule has 1 atom stereocenters. The zero-order chi connectivity index (χ0) is 9.40. The third kappa shape index (κ3) is 5.09. The van der Waals surface area contributed by atoms with Crippen LogP contribution in [0.1, 0.15) is 19.8 Å². The summed E-state index contributed by atoms with van der Waals surface area (Å²) < 4.78 is 9.56. The van der Waals surface area contributed by atoms with Crippen LogP contribution in [0.2, 0.25) is 0 Å². The average Bonchev–Trinajstić information content (AvgIpc) is 2.05. The van der Waals surface area contributed by atoms with Crippen molar-refractivity contribution in [2.24, 2.45) is 5.73 Å². The van der Waals surface area contributed by atoms with Crippen molar-refractivity contribution < 1.29 is 14.3 Å². The third-order valence-electron chi connectivity index (χ3n) is 1.39. The fraction of sp³-hybridized carbons (Fsp3) is 0.875. The van der Waals surface area contributed by atoms with Crippen molar-refractivity contribution in [3.05, 3.63) is 0 Å². The third-order valence-corrected chi connectivity index (χ3v) is 1.39. The number of carbonyl (C=O) groups is 1. The van der Waals surface area contributed by atoms with Crippen molar-refractivity contribution in [1.82, 2.24) is 0 Å². The molecule has 0 radical (unpaired) electrons. The first-order chi connectivity index (χ1) is 5.72. The van der Waals surface area contributed by atoms with Gasteiger partial charge in [-0.2, -0.15) is 0 Å². The van der Waals surface area contributed by atoms with Crippen LogP contribution in [0.3, 0.4) is 0 Å². The van der Waals surface area contributed by atoms with E-state index in [0.717, 1.165) is 12.8 Å². The van der Waals surface area contributed by atoms with Crippen molar-refractivity contribution in [2.75, 3.05) is 20.3 Å². The number of methoxy groups -OCH3 is 1. The van der Waals surface area contributed by atoms with E-state index >= 15 is 0 Å². The van der Waals surface area contributed by atoms with Gasteiger partial charge < -0.3 is 15.2 Å². The van der Waals surface area contributed by atoms with E-state index in [0.29, 0.717) is 6.61 Å². The Kier molecular flexibility index (Phi) is 6.70. The number of hydrogen-bond donors (Lipinski definition) is 1. The van der Waals surface area contributed by atoms with Crippen molar-refractivity contribution in [1.29, 1.82) is 0 Å². The molecule has 4 nitrogen and oxygen atoms in total. The lowest BCUT2D eigenvalue weighted by molar-refractivity contribution is -0.146.